The van der Waals surface area contributed by atoms with Gasteiger partial charge in [-0.05, 0) is 12.1 Å². The van der Waals surface area contributed by atoms with Crippen molar-refractivity contribution in [2.75, 3.05) is 7.11 Å². The normalized spacial score (nSPS) is 11.6. The van der Waals surface area contributed by atoms with Crippen molar-refractivity contribution in [1.82, 2.24) is 9.97 Å². The van der Waals surface area contributed by atoms with E-state index in [0.29, 0.717) is 17.1 Å². The molecule has 1 aromatic heterocycles. The summed E-state index contributed by atoms with van der Waals surface area (Å²) < 4.78 is 42.2. The Bertz CT molecular complexity index is 648. The van der Waals surface area contributed by atoms with E-state index < -0.39 is 11.7 Å². The SMILES string of the molecule is COCc1nc(-c2ccc(C(F)(F)F)cc2)cc(=O)[nH]1. The fourth-order valence-electron chi connectivity index (χ4n) is 1.69. The van der Waals surface area contributed by atoms with Crippen molar-refractivity contribution in [3.05, 3.63) is 52.1 Å². The molecule has 0 unspecified atom stereocenters. The van der Waals surface area contributed by atoms with Gasteiger partial charge in [0.1, 0.15) is 12.4 Å². The van der Waals surface area contributed by atoms with E-state index in [4.69, 9.17) is 4.74 Å². The second kappa shape index (κ2) is 5.46. The van der Waals surface area contributed by atoms with E-state index >= 15 is 0 Å². The van der Waals surface area contributed by atoms with Crippen molar-refractivity contribution in [3.8, 4) is 11.3 Å². The number of hydrogen-bond donors (Lipinski definition) is 1. The van der Waals surface area contributed by atoms with Crippen LogP contribution in [-0.2, 0) is 17.5 Å². The number of methoxy groups -OCH3 is 1. The molecule has 106 valence electrons. The molecule has 0 aliphatic heterocycles. The lowest BCUT2D eigenvalue weighted by Crippen LogP contribution is -2.11. The van der Waals surface area contributed by atoms with E-state index in [9.17, 15) is 18.0 Å². The molecule has 0 amide bonds. The number of nitrogens with zero attached hydrogens (tertiary/aromatic N) is 1. The maximum absolute atomic E-state index is 12.5. The Morgan fingerprint density at radius 2 is 1.90 bits per heavy atom. The first-order valence-electron chi connectivity index (χ1n) is 5.67. The number of rotatable bonds is 3. The summed E-state index contributed by atoms with van der Waals surface area (Å²) in [6.07, 6.45) is -4.39. The van der Waals surface area contributed by atoms with E-state index in [0.717, 1.165) is 12.1 Å². The van der Waals surface area contributed by atoms with Gasteiger partial charge in [0.15, 0.2) is 0 Å². The Morgan fingerprint density at radius 1 is 1.25 bits per heavy atom. The third kappa shape index (κ3) is 3.24. The average Bonchev–Trinajstić information content (AvgIpc) is 2.37. The molecule has 0 saturated heterocycles. The first-order valence-corrected chi connectivity index (χ1v) is 5.67. The Morgan fingerprint density at radius 3 is 2.45 bits per heavy atom. The highest BCUT2D eigenvalue weighted by Gasteiger charge is 2.30. The molecule has 1 N–H and O–H groups in total. The summed E-state index contributed by atoms with van der Waals surface area (Å²) in [5.74, 6) is 0.315. The Balaban J connectivity index is 2.39. The highest BCUT2D eigenvalue weighted by molar-refractivity contribution is 5.59. The standard InChI is InChI=1S/C13H11F3N2O2/c1-20-7-11-17-10(6-12(19)18-11)8-2-4-9(5-3-8)13(14,15)16/h2-6H,7H2,1H3,(H,17,18,19). The van der Waals surface area contributed by atoms with E-state index in [1.165, 1.54) is 25.3 Å². The third-order valence-electron chi connectivity index (χ3n) is 2.58. The highest BCUT2D eigenvalue weighted by Crippen LogP contribution is 2.30. The fourth-order valence-corrected chi connectivity index (χ4v) is 1.69. The van der Waals surface area contributed by atoms with E-state index in [1.807, 2.05) is 0 Å². The Kier molecular flexibility index (Phi) is 3.89. The van der Waals surface area contributed by atoms with Crippen LogP contribution in [0.25, 0.3) is 11.3 Å². The van der Waals surface area contributed by atoms with Crippen LogP contribution in [0.5, 0.6) is 0 Å². The number of benzene rings is 1. The van der Waals surface area contributed by atoms with E-state index in [-0.39, 0.29) is 12.2 Å². The molecule has 1 aromatic carbocycles. The van der Waals surface area contributed by atoms with Crippen LogP contribution in [0.2, 0.25) is 0 Å². The van der Waals surface area contributed by atoms with Crippen LogP contribution in [0.1, 0.15) is 11.4 Å². The molecular weight excluding hydrogens is 273 g/mol. The summed E-state index contributed by atoms with van der Waals surface area (Å²) >= 11 is 0. The number of halogens is 3. The van der Waals surface area contributed by atoms with E-state index in [1.54, 1.807) is 0 Å². The molecule has 0 fully saturated rings. The van der Waals surface area contributed by atoms with Crippen LogP contribution in [0, 0.1) is 0 Å². The first-order chi connectivity index (χ1) is 9.40. The smallest absolute Gasteiger partial charge is 0.377 e. The van der Waals surface area contributed by atoms with Gasteiger partial charge in [-0.1, -0.05) is 12.1 Å². The molecule has 4 nitrogen and oxygen atoms in total. The summed E-state index contributed by atoms with van der Waals surface area (Å²) in [5, 5.41) is 0. The van der Waals surface area contributed by atoms with Crippen LogP contribution in [-0.4, -0.2) is 17.1 Å². The molecule has 0 radical (unpaired) electrons. The molecule has 0 spiro atoms. The minimum absolute atomic E-state index is 0.115. The van der Waals surface area contributed by atoms with Gasteiger partial charge in [-0.15, -0.1) is 0 Å². The van der Waals surface area contributed by atoms with Crippen molar-refractivity contribution < 1.29 is 17.9 Å². The third-order valence-corrected chi connectivity index (χ3v) is 2.58. The van der Waals surface area contributed by atoms with Gasteiger partial charge >= 0.3 is 6.18 Å². The van der Waals surface area contributed by atoms with Gasteiger partial charge in [0, 0.05) is 18.7 Å². The number of H-pyrrole nitrogens is 1. The molecule has 1 heterocycles. The minimum atomic E-state index is -4.39. The maximum atomic E-state index is 12.5. The number of hydrogen-bond acceptors (Lipinski definition) is 3. The second-order valence-corrected chi connectivity index (χ2v) is 4.09. The molecule has 0 saturated carbocycles. The summed E-state index contributed by atoms with van der Waals surface area (Å²) in [4.78, 5) is 18.1. The summed E-state index contributed by atoms with van der Waals surface area (Å²) in [6.45, 7) is 0.115. The number of alkyl halides is 3. The van der Waals surface area contributed by atoms with Crippen LogP contribution in [0.4, 0.5) is 13.2 Å². The number of nitrogens with one attached hydrogen (secondary N) is 1. The van der Waals surface area contributed by atoms with E-state index in [2.05, 4.69) is 9.97 Å². The lowest BCUT2D eigenvalue weighted by Gasteiger charge is -2.08. The number of aromatic nitrogens is 2. The van der Waals surface area contributed by atoms with Crippen LogP contribution in [0.3, 0.4) is 0 Å². The van der Waals surface area contributed by atoms with Gasteiger partial charge in [-0.3, -0.25) is 4.79 Å². The zero-order valence-electron chi connectivity index (χ0n) is 10.5. The summed E-state index contributed by atoms with van der Waals surface area (Å²) in [6, 6.07) is 5.69. The largest absolute Gasteiger partial charge is 0.416 e. The van der Waals surface area contributed by atoms with Gasteiger partial charge in [-0.25, -0.2) is 4.98 Å². The molecule has 0 aliphatic carbocycles. The van der Waals surface area contributed by atoms with Gasteiger partial charge < -0.3 is 9.72 Å². The topological polar surface area (TPSA) is 55.0 Å². The van der Waals surface area contributed by atoms with Crippen molar-refractivity contribution in [1.29, 1.82) is 0 Å². The lowest BCUT2D eigenvalue weighted by molar-refractivity contribution is -0.137. The Labute approximate surface area is 112 Å². The summed E-state index contributed by atoms with van der Waals surface area (Å²) in [7, 11) is 1.45. The zero-order chi connectivity index (χ0) is 14.8. The quantitative estimate of drug-likeness (QED) is 0.942. The summed E-state index contributed by atoms with van der Waals surface area (Å²) in [5.41, 5.74) is -0.402. The zero-order valence-corrected chi connectivity index (χ0v) is 10.5. The van der Waals surface area contributed by atoms with Crippen LogP contribution < -0.4 is 5.56 Å². The molecule has 7 heteroatoms. The number of ether oxygens (including phenoxy) is 1. The molecule has 0 atom stereocenters. The first kappa shape index (κ1) is 14.3. The average molecular weight is 284 g/mol. The lowest BCUT2D eigenvalue weighted by atomic mass is 10.1. The molecule has 0 aliphatic rings. The van der Waals surface area contributed by atoms with Gasteiger partial charge in [0.2, 0.25) is 0 Å². The monoisotopic (exact) mass is 284 g/mol. The molecular formula is C13H11F3N2O2. The molecule has 2 rings (SSSR count). The van der Waals surface area contributed by atoms with Gasteiger partial charge in [0.05, 0.1) is 11.3 Å². The van der Waals surface area contributed by atoms with Crippen LogP contribution in [0.15, 0.2) is 35.1 Å². The fraction of sp³-hybridized carbons (Fsp3) is 0.231. The highest BCUT2D eigenvalue weighted by atomic mass is 19.4. The van der Waals surface area contributed by atoms with Gasteiger partial charge in [-0.2, -0.15) is 13.2 Å². The van der Waals surface area contributed by atoms with Gasteiger partial charge in [0.25, 0.3) is 5.56 Å². The predicted octanol–water partition coefficient (Wildman–Crippen LogP) is 2.60. The molecule has 2 aromatic rings. The molecule has 20 heavy (non-hydrogen) atoms. The van der Waals surface area contributed by atoms with Crippen molar-refractivity contribution in [3.63, 3.8) is 0 Å². The molecule has 0 bridgehead atoms. The minimum Gasteiger partial charge on any atom is -0.377 e. The van der Waals surface area contributed by atoms with Crippen LogP contribution >= 0.6 is 0 Å². The van der Waals surface area contributed by atoms with Crippen molar-refractivity contribution >= 4 is 0 Å². The second-order valence-electron chi connectivity index (χ2n) is 4.09. The van der Waals surface area contributed by atoms with Crippen molar-refractivity contribution in [2.45, 2.75) is 12.8 Å². The Hall–Kier alpha value is -2.15. The maximum Gasteiger partial charge on any atom is 0.416 e. The predicted molar refractivity (Wildman–Crippen MR) is 66.0 cm³/mol. The number of aromatic amines is 1. The van der Waals surface area contributed by atoms with Crippen molar-refractivity contribution in [2.24, 2.45) is 0 Å².